The van der Waals surface area contributed by atoms with E-state index in [1.165, 1.54) is 7.11 Å². The molecule has 0 aliphatic carbocycles. The van der Waals surface area contributed by atoms with Gasteiger partial charge in [0.25, 0.3) is 0 Å². The number of rotatable bonds is 8. The molecular weight excluding hydrogens is 210 g/mol. The van der Waals surface area contributed by atoms with E-state index in [2.05, 4.69) is 10.1 Å². The Morgan fingerprint density at radius 1 is 1.25 bits per heavy atom. The van der Waals surface area contributed by atoms with Gasteiger partial charge in [-0.15, -0.1) is 0 Å². The van der Waals surface area contributed by atoms with E-state index < -0.39 is 0 Å². The van der Waals surface area contributed by atoms with Gasteiger partial charge in [-0.1, -0.05) is 6.92 Å². The van der Waals surface area contributed by atoms with Crippen molar-refractivity contribution in [3.63, 3.8) is 0 Å². The fourth-order valence-electron chi connectivity index (χ4n) is 1.28. The van der Waals surface area contributed by atoms with Crippen LogP contribution in [-0.2, 0) is 19.0 Å². The summed E-state index contributed by atoms with van der Waals surface area (Å²) in [6, 6.07) is 0.0435. The van der Waals surface area contributed by atoms with Gasteiger partial charge in [-0.3, -0.25) is 4.79 Å². The second-order valence-electron chi connectivity index (χ2n) is 3.82. The van der Waals surface area contributed by atoms with Crippen molar-refractivity contribution in [2.75, 3.05) is 34.5 Å². The van der Waals surface area contributed by atoms with Gasteiger partial charge in [-0.2, -0.15) is 0 Å². The summed E-state index contributed by atoms with van der Waals surface area (Å²) in [5.74, 6) is -0.384. The van der Waals surface area contributed by atoms with Crippen LogP contribution in [0.5, 0.6) is 0 Å². The summed E-state index contributed by atoms with van der Waals surface area (Å²) >= 11 is 0. The fourth-order valence-corrected chi connectivity index (χ4v) is 1.28. The number of nitrogens with one attached hydrogen (secondary N) is 1. The Kier molecular flexibility index (Phi) is 8.15. The molecule has 0 aromatic carbocycles. The lowest BCUT2D eigenvalue weighted by molar-refractivity contribution is -0.145. The summed E-state index contributed by atoms with van der Waals surface area (Å²) in [6.45, 7) is 4.96. The molecule has 96 valence electrons. The third-order valence-corrected chi connectivity index (χ3v) is 2.68. The summed E-state index contributed by atoms with van der Waals surface area (Å²) in [4.78, 5) is 11.3. The molecule has 0 radical (unpaired) electrons. The SMILES string of the molecule is COCC(CNC(C)C(C)C(=O)OC)OC. The van der Waals surface area contributed by atoms with Crippen molar-refractivity contribution in [2.45, 2.75) is 26.0 Å². The number of esters is 1. The summed E-state index contributed by atoms with van der Waals surface area (Å²) < 4.78 is 14.9. The molecule has 0 heterocycles. The third-order valence-electron chi connectivity index (χ3n) is 2.68. The van der Waals surface area contributed by atoms with Crippen molar-refractivity contribution in [1.82, 2.24) is 5.32 Å². The first-order valence-corrected chi connectivity index (χ1v) is 5.39. The normalized spacial score (nSPS) is 16.6. The number of hydrogen-bond donors (Lipinski definition) is 1. The van der Waals surface area contributed by atoms with Crippen LogP contribution >= 0.6 is 0 Å². The van der Waals surface area contributed by atoms with Gasteiger partial charge < -0.3 is 19.5 Å². The predicted molar refractivity (Wildman–Crippen MR) is 61.3 cm³/mol. The van der Waals surface area contributed by atoms with Gasteiger partial charge in [0.1, 0.15) is 0 Å². The van der Waals surface area contributed by atoms with Crippen molar-refractivity contribution in [3.05, 3.63) is 0 Å². The Morgan fingerprint density at radius 2 is 1.88 bits per heavy atom. The van der Waals surface area contributed by atoms with Crippen molar-refractivity contribution >= 4 is 5.97 Å². The molecule has 16 heavy (non-hydrogen) atoms. The molecule has 3 atom stereocenters. The van der Waals surface area contributed by atoms with E-state index in [-0.39, 0.29) is 24.0 Å². The Bertz CT molecular complexity index is 198. The highest BCUT2D eigenvalue weighted by Crippen LogP contribution is 2.04. The summed E-state index contributed by atoms with van der Waals surface area (Å²) in [5, 5.41) is 3.23. The minimum atomic E-state index is -0.208. The van der Waals surface area contributed by atoms with E-state index in [9.17, 15) is 4.79 Å². The Morgan fingerprint density at radius 3 is 2.31 bits per heavy atom. The first-order valence-electron chi connectivity index (χ1n) is 5.39. The van der Waals surface area contributed by atoms with Gasteiger partial charge in [0.05, 0.1) is 25.7 Å². The molecular formula is C11H23NO4. The zero-order valence-electron chi connectivity index (χ0n) is 10.8. The van der Waals surface area contributed by atoms with Crippen LogP contribution < -0.4 is 5.32 Å². The average Bonchev–Trinajstić information content (AvgIpc) is 2.31. The minimum Gasteiger partial charge on any atom is -0.469 e. The van der Waals surface area contributed by atoms with Gasteiger partial charge in [0.15, 0.2) is 0 Å². The van der Waals surface area contributed by atoms with Gasteiger partial charge >= 0.3 is 5.97 Å². The van der Waals surface area contributed by atoms with Gasteiger partial charge in [-0.05, 0) is 6.92 Å². The highest BCUT2D eigenvalue weighted by molar-refractivity contribution is 5.72. The van der Waals surface area contributed by atoms with E-state index in [0.29, 0.717) is 13.2 Å². The van der Waals surface area contributed by atoms with Gasteiger partial charge in [0.2, 0.25) is 0 Å². The molecule has 0 bridgehead atoms. The molecule has 0 aliphatic rings. The molecule has 3 unspecified atom stereocenters. The van der Waals surface area contributed by atoms with E-state index in [4.69, 9.17) is 9.47 Å². The summed E-state index contributed by atoms with van der Waals surface area (Å²) in [7, 11) is 4.67. The monoisotopic (exact) mass is 233 g/mol. The van der Waals surface area contributed by atoms with Gasteiger partial charge in [-0.25, -0.2) is 0 Å². The van der Waals surface area contributed by atoms with E-state index in [1.807, 2.05) is 13.8 Å². The number of methoxy groups -OCH3 is 3. The molecule has 0 amide bonds. The predicted octanol–water partition coefficient (Wildman–Crippen LogP) is 0.435. The lowest BCUT2D eigenvalue weighted by atomic mass is 10.0. The van der Waals surface area contributed by atoms with Crippen LogP contribution in [-0.4, -0.2) is 52.6 Å². The molecule has 0 saturated heterocycles. The van der Waals surface area contributed by atoms with Gasteiger partial charge in [0, 0.05) is 26.8 Å². The maximum Gasteiger partial charge on any atom is 0.309 e. The Hall–Kier alpha value is -0.650. The molecule has 1 N–H and O–H groups in total. The number of ether oxygens (including phenoxy) is 3. The highest BCUT2D eigenvalue weighted by atomic mass is 16.5. The zero-order valence-corrected chi connectivity index (χ0v) is 10.8. The molecule has 0 saturated carbocycles. The van der Waals surface area contributed by atoms with Crippen LogP contribution in [0.2, 0.25) is 0 Å². The molecule has 0 spiro atoms. The second-order valence-corrected chi connectivity index (χ2v) is 3.82. The Labute approximate surface area is 97.4 Å². The molecule has 0 aromatic heterocycles. The van der Waals surface area contributed by atoms with E-state index in [0.717, 1.165) is 0 Å². The second kappa shape index (κ2) is 8.50. The lowest BCUT2D eigenvalue weighted by Crippen LogP contribution is -2.42. The van der Waals surface area contributed by atoms with E-state index >= 15 is 0 Å². The van der Waals surface area contributed by atoms with E-state index in [1.54, 1.807) is 14.2 Å². The van der Waals surface area contributed by atoms with Crippen molar-refractivity contribution in [3.8, 4) is 0 Å². The molecule has 5 nitrogen and oxygen atoms in total. The van der Waals surface area contributed by atoms with Crippen LogP contribution in [0, 0.1) is 5.92 Å². The van der Waals surface area contributed by atoms with Crippen LogP contribution in [0.15, 0.2) is 0 Å². The maximum absolute atomic E-state index is 11.3. The zero-order chi connectivity index (χ0) is 12.6. The van der Waals surface area contributed by atoms with Crippen LogP contribution in [0.3, 0.4) is 0 Å². The molecule has 0 aliphatic heterocycles. The first-order chi connectivity index (χ1) is 7.56. The smallest absolute Gasteiger partial charge is 0.309 e. The standard InChI is InChI=1S/C11H23NO4/c1-8(11(13)16-5)9(2)12-6-10(15-4)7-14-3/h8-10,12H,6-7H2,1-5H3. The third kappa shape index (κ3) is 5.44. The summed E-state index contributed by atoms with van der Waals surface area (Å²) in [6.07, 6.45) is -0.00250. The van der Waals surface area contributed by atoms with Crippen LogP contribution in [0.25, 0.3) is 0 Å². The topological polar surface area (TPSA) is 56.8 Å². The van der Waals surface area contributed by atoms with Crippen LogP contribution in [0.1, 0.15) is 13.8 Å². The van der Waals surface area contributed by atoms with Crippen molar-refractivity contribution < 1.29 is 19.0 Å². The summed E-state index contributed by atoms with van der Waals surface area (Å²) in [5.41, 5.74) is 0. The number of carbonyl (C=O) groups is 1. The van der Waals surface area contributed by atoms with Crippen LogP contribution in [0.4, 0.5) is 0 Å². The molecule has 0 aromatic rings. The van der Waals surface area contributed by atoms with Crippen molar-refractivity contribution in [1.29, 1.82) is 0 Å². The quantitative estimate of drug-likeness (QED) is 0.616. The minimum absolute atomic E-state index is 0.00250. The van der Waals surface area contributed by atoms with Crippen molar-refractivity contribution in [2.24, 2.45) is 5.92 Å². The molecule has 0 rings (SSSR count). The largest absolute Gasteiger partial charge is 0.469 e. The highest BCUT2D eigenvalue weighted by Gasteiger charge is 2.21. The number of carbonyl (C=O) groups excluding carboxylic acids is 1. The molecule has 0 fully saturated rings. The number of hydrogen-bond acceptors (Lipinski definition) is 5. The Balaban J connectivity index is 3.94. The fraction of sp³-hybridized carbons (Fsp3) is 0.909. The average molecular weight is 233 g/mol. The lowest BCUT2D eigenvalue weighted by Gasteiger charge is -2.22. The maximum atomic E-state index is 11.3. The first kappa shape index (κ1) is 15.3. The molecule has 5 heteroatoms.